The second kappa shape index (κ2) is 9.32. The number of benzene rings is 3. The van der Waals surface area contributed by atoms with Crippen molar-refractivity contribution in [3.63, 3.8) is 0 Å². The molecule has 0 saturated heterocycles. The lowest BCUT2D eigenvalue weighted by molar-refractivity contribution is -0.113. The van der Waals surface area contributed by atoms with Gasteiger partial charge in [0.15, 0.2) is 11.0 Å². The SMILES string of the molecule is Cc1cc(Cl)ccc1NC(=O)CSc1nnc(-c2ccccc2F)n1-c1ccccc1. The van der Waals surface area contributed by atoms with E-state index in [1.54, 1.807) is 41.0 Å². The normalized spacial score (nSPS) is 10.8. The van der Waals surface area contributed by atoms with Crippen molar-refractivity contribution in [3.05, 3.63) is 89.2 Å². The van der Waals surface area contributed by atoms with Gasteiger partial charge in [-0.25, -0.2) is 4.39 Å². The fraction of sp³-hybridized carbons (Fsp3) is 0.0870. The van der Waals surface area contributed by atoms with E-state index < -0.39 is 0 Å². The second-order valence-corrected chi connectivity index (χ2v) is 8.13. The molecule has 156 valence electrons. The molecule has 0 radical (unpaired) electrons. The van der Waals surface area contributed by atoms with Crippen molar-refractivity contribution in [2.45, 2.75) is 12.1 Å². The zero-order valence-corrected chi connectivity index (χ0v) is 18.1. The lowest BCUT2D eigenvalue weighted by atomic mass is 10.2. The van der Waals surface area contributed by atoms with Crippen LogP contribution in [-0.2, 0) is 4.79 Å². The predicted molar refractivity (Wildman–Crippen MR) is 122 cm³/mol. The molecule has 31 heavy (non-hydrogen) atoms. The number of hydrogen-bond acceptors (Lipinski definition) is 4. The summed E-state index contributed by atoms with van der Waals surface area (Å²) in [5.74, 6) is -0.0876. The zero-order chi connectivity index (χ0) is 21.8. The average molecular weight is 453 g/mol. The molecular formula is C23H18ClFN4OS. The number of halogens is 2. The summed E-state index contributed by atoms with van der Waals surface area (Å²) in [5.41, 5.74) is 2.70. The number of anilines is 1. The molecule has 0 saturated carbocycles. The number of hydrogen-bond donors (Lipinski definition) is 1. The van der Waals surface area contributed by atoms with Crippen LogP contribution in [-0.4, -0.2) is 26.4 Å². The molecule has 0 aliphatic rings. The van der Waals surface area contributed by atoms with Crippen molar-refractivity contribution in [1.82, 2.24) is 14.8 Å². The number of para-hydroxylation sites is 1. The van der Waals surface area contributed by atoms with Crippen molar-refractivity contribution < 1.29 is 9.18 Å². The summed E-state index contributed by atoms with van der Waals surface area (Å²) in [6.07, 6.45) is 0. The predicted octanol–water partition coefficient (Wildman–Crippen LogP) is 5.77. The second-order valence-electron chi connectivity index (χ2n) is 6.75. The van der Waals surface area contributed by atoms with Crippen LogP contribution < -0.4 is 5.32 Å². The molecule has 1 amide bonds. The molecule has 0 unspecified atom stereocenters. The van der Waals surface area contributed by atoms with Crippen LogP contribution in [0.2, 0.25) is 5.02 Å². The molecule has 0 bridgehead atoms. The van der Waals surface area contributed by atoms with Crippen LogP contribution in [0.5, 0.6) is 0 Å². The Hall–Kier alpha value is -3.16. The van der Waals surface area contributed by atoms with Crippen LogP contribution in [0.3, 0.4) is 0 Å². The fourth-order valence-electron chi connectivity index (χ4n) is 3.07. The maximum atomic E-state index is 14.4. The lowest BCUT2D eigenvalue weighted by Gasteiger charge is -2.11. The molecule has 1 heterocycles. The molecule has 1 N–H and O–H groups in total. The number of amides is 1. The zero-order valence-electron chi connectivity index (χ0n) is 16.5. The van der Waals surface area contributed by atoms with Crippen molar-refractivity contribution in [1.29, 1.82) is 0 Å². The highest BCUT2D eigenvalue weighted by molar-refractivity contribution is 7.99. The van der Waals surface area contributed by atoms with Gasteiger partial charge in [0.25, 0.3) is 0 Å². The number of carbonyl (C=O) groups is 1. The molecule has 1 aromatic heterocycles. The van der Waals surface area contributed by atoms with E-state index in [9.17, 15) is 9.18 Å². The number of carbonyl (C=O) groups excluding carboxylic acids is 1. The highest BCUT2D eigenvalue weighted by atomic mass is 35.5. The number of aryl methyl sites for hydroxylation is 1. The number of aromatic nitrogens is 3. The third-order valence-corrected chi connectivity index (χ3v) is 5.72. The summed E-state index contributed by atoms with van der Waals surface area (Å²) in [5, 5.41) is 12.4. The third-order valence-electron chi connectivity index (χ3n) is 4.56. The molecular weight excluding hydrogens is 435 g/mol. The molecule has 4 aromatic rings. The summed E-state index contributed by atoms with van der Waals surface area (Å²) in [6.45, 7) is 1.88. The van der Waals surface area contributed by atoms with Gasteiger partial charge in [0, 0.05) is 16.4 Å². The van der Waals surface area contributed by atoms with Gasteiger partial charge in [-0.3, -0.25) is 9.36 Å². The van der Waals surface area contributed by atoms with Crippen LogP contribution >= 0.6 is 23.4 Å². The monoisotopic (exact) mass is 452 g/mol. The molecule has 0 aliphatic heterocycles. The molecule has 4 rings (SSSR count). The van der Waals surface area contributed by atoms with Crippen molar-refractivity contribution in [2.24, 2.45) is 0 Å². The van der Waals surface area contributed by atoms with Crippen LogP contribution in [0, 0.1) is 12.7 Å². The van der Waals surface area contributed by atoms with Gasteiger partial charge >= 0.3 is 0 Å². The molecule has 8 heteroatoms. The minimum atomic E-state index is -0.389. The molecule has 5 nitrogen and oxygen atoms in total. The topological polar surface area (TPSA) is 59.8 Å². The van der Waals surface area contributed by atoms with E-state index in [4.69, 9.17) is 11.6 Å². The first kappa shape index (κ1) is 21.1. The number of nitrogens with zero attached hydrogens (tertiary/aromatic N) is 3. The van der Waals surface area contributed by atoms with E-state index in [0.29, 0.717) is 27.3 Å². The summed E-state index contributed by atoms with van der Waals surface area (Å²) < 4.78 is 16.2. The van der Waals surface area contributed by atoms with Gasteiger partial charge in [-0.2, -0.15) is 0 Å². The van der Waals surface area contributed by atoms with Gasteiger partial charge in [-0.05, 0) is 55.0 Å². The first-order valence-electron chi connectivity index (χ1n) is 9.47. The summed E-state index contributed by atoms with van der Waals surface area (Å²) in [4.78, 5) is 12.5. The van der Waals surface area contributed by atoms with Crippen LogP contribution in [0.15, 0.2) is 78.0 Å². The first-order valence-corrected chi connectivity index (χ1v) is 10.8. The molecule has 0 atom stereocenters. The van der Waals surface area contributed by atoms with Crippen molar-refractivity contribution in [3.8, 4) is 17.1 Å². The Balaban J connectivity index is 1.60. The molecule has 0 aliphatic carbocycles. The van der Waals surface area contributed by atoms with E-state index in [1.807, 2.05) is 37.3 Å². The Morgan fingerprint density at radius 1 is 1.06 bits per heavy atom. The Kier molecular flexibility index (Phi) is 6.34. The van der Waals surface area contributed by atoms with Gasteiger partial charge in [0.2, 0.25) is 5.91 Å². The van der Waals surface area contributed by atoms with Gasteiger partial charge in [-0.1, -0.05) is 53.7 Å². The van der Waals surface area contributed by atoms with E-state index in [-0.39, 0.29) is 17.5 Å². The number of nitrogens with one attached hydrogen (secondary N) is 1. The van der Waals surface area contributed by atoms with Gasteiger partial charge in [0.1, 0.15) is 5.82 Å². The van der Waals surface area contributed by atoms with Crippen LogP contribution in [0.25, 0.3) is 17.1 Å². The van der Waals surface area contributed by atoms with Crippen molar-refractivity contribution >= 4 is 35.0 Å². The molecule has 0 fully saturated rings. The lowest BCUT2D eigenvalue weighted by Crippen LogP contribution is -2.15. The molecule has 3 aromatic carbocycles. The average Bonchev–Trinajstić information content (AvgIpc) is 3.19. The number of thioether (sulfide) groups is 1. The maximum Gasteiger partial charge on any atom is 0.234 e. The highest BCUT2D eigenvalue weighted by Crippen LogP contribution is 2.29. The summed E-state index contributed by atoms with van der Waals surface area (Å²) >= 11 is 7.20. The summed E-state index contributed by atoms with van der Waals surface area (Å²) in [7, 11) is 0. The van der Waals surface area contributed by atoms with Crippen molar-refractivity contribution in [2.75, 3.05) is 11.1 Å². The third kappa shape index (κ3) is 4.78. The Morgan fingerprint density at radius 2 is 1.81 bits per heavy atom. The van der Waals surface area contributed by atoms with Crippen LogP contribution in [0.1, 0.15) is 5.56 Å². The van der Waals surface area contributed by atoms with E-state index in [0.717, 1.165) is 11.3 Å². The highest BCUT2D eigenvalue weighted by Gasteiger charge is 2.19. The van der Waals surface area contributed by atoms with E-state index in [2.05, 4.69) is 15.5 Å². The van der Waals surface area contributed by atoms with Gasteiger partial charge in [0.05, 0.1) is 11.3 Å². The Labute approximate surface area is 188 Å². The van der Waals surface area contributed by atoms with E-state index >= 15 is 0 Å². The largest absolute Gasteiger partial charge is 0.325 e. The van der Waals surface area contributed by atoms with Gasteiger partial charge < -0.3 is 5.32 Å². The summed E-state index contributed by atoms with van der Waals surface area (Å²) in [6, 6.07) is 21.1. The maximum absolute atomic E-state index is 14.4. The van der Waals surface area contributed by atoms with Crippen LogP contribution in [0.4, 0.5) is 10.1 Å². The number of rotatable bonds is 6. The standard InChI is InChI=1S/C23H18ClFN4OS/c1-15-13-16(24)11-12-20(15)26-21(30)14-31-23-28-27-22(18-9-5-6-10-19(18)25)29(23)17-7-3-2-4-8-17/h2-13H,14H2,1H3,(H,26,30). The smallest absolute Gasteiger partial charge is 0.234 e. The quantitative estimate of drug-likeness (QED) is 0.377. The van der Waals surface area contributed by atoms with Gasteiger partial charge in [-0.15, -0.1) is 10.2 Å². The van der Waals surface area contributed by atoms with E-state index in [1.165, 1.54) is 17.8 Å². The Morgan fingerprint density at radius 3 is 2.55 bits per heavy atom. The fourth-order valence-corrected chi connectivity index (χ4v) is 4.05. The molecule has 0 spiro atoms. The minimum Gasteiger partial charge on any atom is -0.325 e. The Bertz CT molecular complexity index is 1230. The first-order chi connectivity index (χ1) is 15.0. The minimum absolute atomic E-state index is 0.115.